The van der Waals surface area contributed by atoms with E-state index in [9.17, 15) is 9.90 Å². The molecule has 0 aliphatic carbocycles. The standard InChI is InChI=1S/C15H16O.C15H14O/c2*1-11-3-7-13(8-4-11)15(16)14-9-5-12(2)6-10-14/h3-10,15-16H,1-2H3;3-10H,1-2H3. The van der Waals surface area contributed by atoms with Crippen LogP contribution in [0.3, 0.4) is 0 Å². The van der Waals surface area contributed by atoms with Gasteiger partial charge in [0, 0.05) is 11.1 Å². The van der Waals surface area contributed by atoms with Crippen LogP contribution in [0.25, 0.3) is 0 Å². The summed E-state index contributed by atoms with van der Waals surface area (Å²) in [5.41, 5.74) is 8.12. The maximum Gasteiger partial charge on any atom is 0.193 e. The van der Waals surface area contributed by atoms with Crippen LogP contribution in [0.15, 0.2) is 97.1 Å². The summed E-state index contributed by atoms with van der Waals surface area (Å²) in [5, 5.41) is 10.2. The van der Waals surface area contributed by atoms with E-state index >= 15 is 0 Å². The first-order chi connectivity index (χ1) is 15.3. The number of ketones is 1. The third-order valence-electron chi connectivity index (χ3n) is 5.41. The minimum Gasteiger partial charge on any atom is -0.384 e. The molecule has 0 aliphatic heterocycles. The minimum atomic E-state index is -0.527. The molecule has 4 aromatic rings. The van der Waals surface area contributed by atoms with Gasteiger partial charge in [0.15, 0.2) is 5.78 Å². The molecule has 0 fully saturated rings. The van der Waals surface area contributed by atoms with E-state index in [1.165, 1.54) is 22.3 Å². The molecule has 162 valence electrons. The van der Waals surface area contributed by atoms with Crippen molar-refractivity contribution in [3.8, 4) is 0 Å². The Morgan fingerprint density at radius 3 is 1.03 bits per heavy atom. The fourth-order valence-electron chi connectivity index (χ4n) is 3.27. The lowest BCUT2D eigenvalue weighted by Gasteiger charge is -2.11. The first-order valence-electron chi connectivity index (χ1n) is 10.8. The molecule has 0 saturated carbocycles. The Bertz CT molecular complexity index is 1040. The van der Waals surface area contributed by atoms with Crippen molar-refractivity contribution in [2.75, 3.05) is 0 Å². The SMILES string of the molecule is Cc1ccc(C(=O)c2ccc(C)cc2)cc1.Cc1ccc(C(O)c2ccc(C)cc2)cc1. The summed E-state index contributed by atoms with van der Waals surface area (Å²) in [6, 6.07) is 31.3. The predicted octanol–water partition coefficient (Wildman–Crippen LogP) is 6.92. The van der Waals surface area contributed by atoms with Gasteiger partial charge >= 0.3 is 0 Å². The number of hydrogen-bond donors (Lipinski definition) is 1. The Morgan fingerprint density at radius 1 is 0.500 bits per heavy atom. The van der Waals surface area contributed by atoms with Crippen molar-refractivity contribution < 1.29 is 9.90 Å². The van der Waals surface area contributed by atoms with Crippen LogP contribution in [0.1, 0.15) is 55.4 Å². The molecule has 4 rings (SSSR count). The average Bonchev–Trinajstić information content (AvgIpc) is 2.81. The normalized spacial score (nSPS) is 10.4. The summed E-state index contributed by atoms with van der Waals surface area (Å²) in [6.07, 6.45) is -0.527. The van der Waals surface area contributed by atoms with Crippen molar-refractivity contribution in [3.63, 3.8) is 0 Å². The number of aliphatic hydroxyl groups is 1. The molecule has 0 saturated heterocycles. The highest BCUT2D eigenvalue weighted by atomic mass is 16.3. The second-order valence-electron chi connectivity index (χ2n) is 8.29. The van der Waals surface area contributed by atoms with E-state index in [4.69, 9.17) is 0 Å². The van der Waals surface area contributed by atoms with E-state index in [1.807, 2.05) is 125 Å². The number of rotatable bonds is 4. The molecular formula is C30H30O2. The van der Waals surface area contributed by atoms with Gasteiger partial charge in [0.1, 0.15) is 6.10 Å². The lowest BCUT2D eigenvalue weighted by molar-refractivity contribution is 0.103. The highest BCUT2D eigenvalue weighted by Crippen LogP contribution is 2.22. The van der Waals surface area contributed by atoms with Gasteiger partial charge in [-0.3, -0.25) is 4.79 Å². The lowest BCUT2D eigenvalue weighted by atomic mass is 10.00. The zero-order chi connectivity index (χ0) is 23.1. The van der Waals surface area contributed by atoms with E-state index in [1.54, 1.807) is 0 Å². The smallest absolute Gasteiger partial charge is 0.193 e. The van der Waals surface area contributed by atoms with Crippen molar-refractivity contribution in [2.24, 2.45) is 0 Å². The Hall–Kier alpha value is -3.49. The number of carbonyl (C=O) groups excluding carboxylic acids is 1. The number of carbonyl (C=O) groups is 1. The summed E-state index contributed by atoms with van der Waals surface area (Å²) in [7, 11) is 0. The molecule has 0 aromatic heterocycles. The van der Waals surface area contributed by atoms with E-state index in [0.29, 0.717) is 0 Å². The summed E-state index contributed by atoms with van der Waals surface area (Å²) in [4.78, 5) is 12.1. The molecule has 0 spiro atoms. The Kier molecular flexibility index (Phi) is 7.75. The average molecular weight is 423 g/mol. The second-order valence-corrected chi connectivity index (χ2v) is 8.29. The number of aliphatic hydroxyl groups excluding tert-OH is 1. The molecule has 0 atom stereocenters. The van der Waals surface area contributed by atoms with Crippen LogP contribution in [-0.2, 0) is 0 Å². The first kappa shape index (κ1) is 23.2. The van der Waals surface area contributed by atoms with Crippen LogP contribution in [0.4, 0.5) is 0 Å². The van der Waals surface area contributed by atoms with Crippen molar-refractivity contribution in [2.45, 2.75) is 33.8 Å². The molecule has 0 radical (unpaired) electrons. The van der Waals surface area contributed by atoms with Gasteiger partial charge in [-0.25, -0.2) is 0 Å². The molecule has 32 heavy (non-hydrogen) atoms. The fourth-order valence-corrected chi connectivity index (χ4v) is 3.27. The zero-order valence-corrected chi connectivity index (χ0v) is 19.2. The van der Waals surface area contributed by atoms with Gasteiger partial charge in [0.25, 0.3) is 0 Å². The first-order valence-corrected chi connectivity index (χ1v) is 10.8. The molecule has 0 bridgehead atoms. The van der Waals surface area contributed by atoms with Crippen molar-refractivity contribution >= 4 is 5.78 Å². The third kappa shape index (κ3) is 6.26. The summed E-state index contributed by atoms with van der Waals surface area (Å²) in [6.45, 7) is 8.12. The van der Waals surface area contributed by atoms with Crippen LogP contribution in [-0.4, -0.2) is 10.9 Å². The minimum absolute atomic E-state index is 0.0833. The van der Waals surface area contributed by atoms with Gasteiger partial charge in [-0.05, 0) is 38.8 Å². The molecule has 4 aromatic carbocycles. The van der Waals surface area contributed by atoms with Gasteiger partial charge < -0.3 is 5.11 Å². The molecule has 0 amide bonds. The molecular weight excluding hydrogens is 392 g/mol. The van der Waals surface area contributed by atoms with Gasteiger partial charge in [0.05, 0.1) is 0 Å². The van der Waals surface area contributed by atoms with Crippen molar-refractivity contribution in [3.05, 3.63) is 142 Å². The molecule has 0 unspecified atom stereocenters. The molecule has 0 heterocycles. The maximum atomic E-state index is 12.1. The van der Waals surface area contributed by atoms with Crippen LogP contribution in [0, 0.1) is 27.7 Å². The molecule has 0 aliphatic rings. The monoisotopic (exact) mass is 422 g/mol. The van der Waals surface area contributed by atoms with Crippen molar-refractivity contribution in [1.82, 2.24) is 0 Å². The highest BCUT2D eigenvalue weighted by molar-refractivity contribution is 6.08. The van der Waals surface area contributed by atoms with Gasteiger partial charge in [0.2, 0.25) is 0 Å². The van der Waals surface area contributed by atoms with E-state index in [0.717, 1.165) is 22.3 Å². The van der Waals surface area contributed by atoms with Gasteiger partial charge in [-0.2, -0.15) is 0 Å². The summed E-state index contributed by atoms with van der Waals surface area (Å²) >= 11 is 0. The molecule has 2 nitrogen and oxygen atoms in total. The maximum absolute atomic E-state index is 12.1. The van der Waals surface area contributed by atoms with Crippen LogP contribution < -0.4 is 0 Å². The Labute approximate surface area is 191 Å². The number of hydrogen-bond acceptors (Lipinski definition) is 2. The topological polar surface area (TPSA) is 37.3 Å². The third-order valence-corrected chi connectivity index (χ3v) is 5.41. The number of benzene rings is 4. The predicted molar refractivity (Wildman–Crippen MR) is 132 cm³/mol. The summed E-state index contributed by atoms with van der Waals surface area (Å²) < 4.78 is 0. The second kappa shape index (κ2) is 10.7. The quantitative estimate of drug-likeness (QED) is 0.362. The van der Waals surface area contributed by atoms with E-state index in [2.05, 4.69) is 0 Å². The summed E-state index contributed by atoms with van der Waals surface area (Å²) in [5.74, 6) is 0.0833. The molecule has 1 N–H and O–H groups in total. The van der Waals surface area contributed by atoms with Crippen LogP contribution in [0.5, 0.6) is 0 Å². The number of aryl methyl sites for hydroxylation is 4. The van der Waals surface area contributed by atoms with Crippen LogP contribution in [0.2, 0.25) is 0 Å². The van der Waals surface area contributed by atoms with E-state index in [-0.39, 0.29) is 5.78 Å². The fraction of sp³-hybridized carbons (Fsp3) is 0.167. The lowest BCUT2D eigenvalue weighted by Crippen LogP contribution is -2.00. The van der Waals surface area contributed by atoms with E-state index < -0.39 is 6.10 Å². The largest absolute Gasteiger partial charge is 0.384 e. The highest BCUT2D eigenvalue weighted by Gasteiger charge is 2.09. The van der Waals surface area contributed by atoms with Gasteiger partial charge in [-0.15, -0.1) is 0 Å². The van der Waals surface area contributed by atoms with Crippen molar-refractivity contribution in [1.29, 1.82) is 0 Å². The Morgan fingerprint density at radius 2 is 0.750 bits per heavy atom. The zero-order valence-electron chi connectivity index (χ0n) is 19.2. The molecule has 2 heteroatoms. The van der Waals surface area contributed by atoms with Crippen LogP contribution >= 0.6 is 0 Å². The Balaban J connectivity index is 0.000000181. The van der Waals surface area contributed by atoms with Gasteiger partial charge in [-0.1, -0.05) is 119 Å².